The molecule has 0 aromatic carbocycles. The van der Waals surface area contributed by atoms with Gasteiger partial charge in [-0.1, -0.05) is 0 Å². The van der Waals surface area contributed by atoms with Crippen LogP contribution in [0, 0.1) is 0 Å². The summed E-state index contributed by atoms with van der Waals surface area (Å²) in [5, 5.41) is 3.23. The van der Waals surface area contributed by atoms with Gasteiger partial charge in [-0.25, -0.2) is 4.98 Å². The molecule has 13 heavy (non-hydrogen) atoms. The Labute approximate surface area is 81.9 Å². The van der Waals surface area contributed by atoms with Gasteiger partial charge in [0, 0.05) is 18.4 Å². The second kappa shape index (κ2) is 4.17. The molecule has 1 aromatic rings. The van der Waals surface area contributed by atoms with E-state index in [-0.39, 0.29) is 6.10 Å². The molecule has 1 aromatic heterocycles. The number of hydrogen-bond donors (Lipinski definition) is 1. The molecule has 3 nitrogen and oxygen atoms in total. The molecule has 72 valence electrons. The summed E-state index contributed by atoms with van der Waals surface area (Å²) >= 11 is 1.69. The first kappa shape index (κ1) is 9.12. The minimum absolute atomic E-state index is 0.253. The van der Waals surface area contributed by atoms with Crippen LogP contribution in [-0.4, -0.2) is 18.1 Å². The van der Waals surface area contributed by atoms with E-state index in [1.165, 1.54) is 0 Å². The van der Waals surface area contributed by atoms with Crippen LogP contribution in [0.15, 0.2) is 5.38 Å². The molecule has 0 radical (unpaired) electrons. The normalized spacial score (nSPS) is 22.4. The summed E-state index contributed by atoms with van der Waals surface area (Å²) < 4.78 is 5.54. The summed E-state index contributed by atoms with van der Waals surface area (Å²) in [7, 11) is 0. The van der Waals surface area contributed by atoms with Gasteiger partial charge in [-0.3, -0.25) is 0 Å². The van der Waals surface area contributed by atoms with Crippen LogP contribution in [0.5, 0.6) is 0 Å². The SMILES string of the molecule is NCCc1nc(C2CCCO2)cs1. The van der Waals surface area contributed by atoms with E-state index in [1.807, 2.05) is 0 Å². The molecule has 0 bridgehead atoms. The summed E-state index contributed by atoms with van der Waals surface area (Å²) in [5.41, 5.74) is 6.56. The summed E-state index contributed by atoms with van der Waals surface area (Å²) in [6.07, 6.45) is 3.42. The van der Waals surface area contributed by atoms with E-state index >= 15 is 0 Å². The predicted molar refractivity (Wildman–Crippen MR) is 52.8 cm³/mol. The zero-order valence-electron chi connectivity index (χ0n) is 7.53. The average molecular weight is 198 g/mol. The Balaban J connectivity index is 2.03. The maximum Gasteiger partial charge on any atom is 0.100 e. The molecule has 1 aliphatic rings. The van der Waals surface area contributed by atoms with Gasteiger partial charge < -0.3 is 10.5 Å². The molecule has 1 aliphatic heterocycles. The lowest BCUT2D eigenvalue weighted by Crippen LogP contribution is -2.03. The van der Waals surface area contributed by atoms with Crippen molar-refractivity contribution in [2.75, 3.05) is 13.2 Å². The van der Waals surface area contributed by atoms with E-state index in [0.717, 1.165) is 36.6 Å². The fourth-order valence-corrected chi connectivity index (χ4v) is 2.38. The minimum atomic E-state index is 0.253. The highest BCUT2D eigenvalue weighted by molar-refractivity contribution is 7.09. The molecule has 0 aliphatic carbocycles. The van der Waals surface area contributed by atoms with Crippen LogP contribution >= 0.6 is 11.3 Å². The highest BCUT2D eigenvalue weighted by Crippen LogP contribution is 2.29. The Morgan fingerprint density at radius 1 is 1.69 bits per heavy atom. The van der Waals surface area contributed by atoms with Crippen LogP contribution in [-0.2, 0) is 11.2 Å². The van der Waals surface area contributed by atoms with Crippen molar-refractivity contribution in [2.24, 2.45) is 5.73 Å². The molecule has 0 amide bonds. The molecule has 1 unspecified atom stereocenters. The van der Waals surface area contributed by atoms with E-state index in [2.05, 4.69) is 10.4 Å². The van der Waals surface area contributed by atoms with Gasteiger partial charge in [0.05, 0.1) is 10.7 Å². The Kier molecular flexibility index (Phi) is 2.93. The van der Waals surface area contributed by atoms with Gasteiger partial charge in [-0.2, -0.15) is 0 Å². The topological polar surface area (TPSA) is 48.1 Å². The van der Waals surface area contributed by atoms with Crippen LogP contribution in [0.1, 0.15) is 29.6 Å². The van der Waals surface area contributed by atoms with Crippen molar-refractivity contribution < 1.29 is 4.74 Å². The number of aromatic nitrogens is 1. The van der Waals surface area contributed by atoms with Gasteiger partial charge in [-0.05, 0) is 19.4 Å². The van der Waals surface area contributed by atoms with E-state index in [1.54, 1.807) is 11.3 Å². The van der Waals surface area contributed by atoms with E-state index in [0.29, 0.717) is 6.54 Å². The summed E-state index contributed by atoms with van der Waals surface area (Å²) in [4.78, 5) is 4.50. The van der Waals surface area contributed by atoms with Crippen molar-refractivity contribution in [3.63, 3.8) is 0 Å². The third-order valence-electron chi connectivity index (χ3n) is 2.19. The van der Waals surface area contributed by atoms with Gasteiger partial charge in [0.1, 0.15) is 6.10 Å². The molecule has 2 rings (SSSR count). The van der Waals surface area contributed by atoms with Crippen LogP contribution in [0.3, 0.4) is 0 Å². The number of thiazole rings is 1. The van der Waals surface area contributed by atoms with Crippen LogP contribution in [0.2, 0.25) is 0 Å². The number of hydrogen-bond acceptors (Lipinski definition) is 4. The molecule has 0 saturated carbocycles. The quantitative estimate of drug-likeness (QED) is 0.800. The van der Waals surface area contributed by atoms with Crippen molar-refractivity contribution in [3.8, 4) is 0 Å². The molecule has 4 heteroatoms. The van der Waals surface area contributed by atoms with Gasteiger partial charge in [-0.15, -0.1) is 11.3 Å². The molecule has 0 spiro atoms. The predicted octanol–water partition coefficient (Wildman–Crippen LogP) is 1.50. The average Bonchev–Trinajstić information content (AvgIpc) is 2.70. The third kappa shape index (κ3) is 2.07. The first-order valence-electron chi connectivity index (χ1n) is 4.66. The fraction of sp³-hybridized carbons (Fsp3) is 0.667. The van der Waals surface area contributed by atoms with Crippen molar-refractivity contribution >= 4 is 11.3 Å². The monoisotopic (exact) mass is 198 g/mol. The van der Waals surface area contributed by atoms with Crippen LogP contribution < -0.4 is 5.73 Å². The molecule has 1 atom stereocenters. The Morgan fingerprint density at radius 2 is 2.62 bits per heavy atom. The lowest BCUT2D eigenvalue weighted by atomic mass is 10.2. The Hall–Kier alpha value is -0.450. The maximum absolute atomic E-state index is 5.54. The Bertz CT molecular complexity index is 268. The molecule has 2 heterocycles. The number of nitrogens with zero attached hydrogens (tertiary/aromatic N) is 1. The third-order valence-corrected chi connectivity index (χ3v) is 3.11. The van der Waals surface area contributed by atoms with E-state index < -0.39 is 0 Å². The minimum Gasteiger partial charge on any atom is -0.372 e. The highest BCUT2D eigenvalue weighted by atomic mass is 32.1. The second-order valence-corrected chi connectivity index (χ2v) is 4.15. The standard InChI is InChI=1S/C9H14N2OS/c10-4-3-9-11-7(6-13-9)8-2-1-5-12-8/h6,8H,1-5,10H2. The zero-order chi connectivity index (χ0) is 9.10. The van der Waals surface area contributed by atoms with Crippen molar-refractivity contribution in [1.82, 2.24) is 4.98 Å². The lowest BCUT2D eigenvalue weighted by molar-refractivity contribution is 0.109. The van der Waals surface area contributed by atoms with Crippen molar-refractivity contribution in [2.45, 2.75) is 25.4 Å². The van der Waals surface area contributed by atoms with E-state index in [9.17, 15) is 0 Å². The van der Waals surface area contributed by atoms with E-state index in [4.69, 9.17) is 10.5 Å². The van der Waals surface area contributed by atoms with Gasteiger partial charge in [0.25, 0.3) is 0 Å². The lowest BCUT2D eigenvalue weighted by Gasteiger charge is -2.03. The molecule has 2 N–H and O–H groups in total. The maximum atomic E-state index is 5.54. The van der Waals surface area contributed by atoms with Crippen molar-refractivity contribution in [3.05, 3.63) is 16.1 Å². The largest absolute Gasteiger partial charge is 0.372 e. The number of rotatable bonds is 3. The summed E-state index contributed by atoms with van der Waals surface area (Å²) in [6.45, 7) is 1.56. The van der Waals surface area contributed by atoms with Gasteiger partial charge in [0.15, 0.2) is 0 Å². The highest BCUT2D eigenvalue weighted by Gasteiger charge is 2.19. The number of nitrogens with two attached hydrogens (primary N) is 1. The fourth-order valence-electron chi connectivity index (χ4n) is 1.52. The van der Waals surface area contributed by atoms with Gasteiger partial charge >= 0.3 is 0 Å². The van der Waals surface area contributed by atoms with Crippen LogP contribution in [0.25, 0.3) is 0 Å². The first-order chi connectivity index (χ1) is 6.40. The van der Waals surface area contributed by atoms with Crippen molar-refractivity contribution in [1.29, 1.82) is 0 Å². The molecular weight excluding hydrogens is 184 g/mol. The van der Waals surface area contributed by atoms with Crippen LogP contribution in [0.4, 0.5) is 0 Å². The smallest absolute Gasteiger partial charge is 0.100 e. The molecule has 1 saturated heterocycles. The molecule has 1 fully saturated rings. The first-order valence-corrected chi connectivity index (χ1v) is 5.54. The second-order valence-electron chi connectivity index (χ2n) is 3.21. The number of ether oxygens (including phenoxy) is 1. The zero-order valence-corrected chi connectivity index (χ0v) is 8.35. The van der Waals surface area contributed by atoms with Gasteiger partial charge in [0.2, 0.25) is 0 Å². The molecular formula is C9H14N2OS. The summed E-state index contributed by atoms with van der Waals surface area (Å²) in [5.74, 6) is 0. The summed E-state index contributed by atoms with van der Waals surface area (Å²) in [6, 6.07) is 0. The Morgan fingerprint density at radius 3 is 3.31 bits per heavy atom.